The number of hydrogen-bond acceptors (Lipinski definition) is 2. The lowest BCUT2D eigenvalue weighted by atomic mass is 9.73. The highest BCUT2D eigenvalue weighted by molar-refractivity contribution is 9.10. The average Bonchev–Trinajstić information content (AvgIpc) is 2.46. The van der Waals surface area contributed by atoms with Crippen molar-refractivity contribution in [3.8, 4) is 0 Å². The van der Waals surface area contributed by atoms with Gasteiger partial charge in [-0.15, -0.1) is 0 Å². The Morgan fingerprint density at radius 3 is 2.00 bits per heavy atom. The number of carbonyl (C=O) groups excluding carboxylic acids is 2. The van der Waals surface area contributed by atoms with Gasteiger partial charge in [-0.3, -0.25) is 9.59 Å². The number of amides is 1. The van der Waals surface area contributed by atoms with E-state index >= 15 is 0 Å². The third-order valence-electron chi connectivity index (χ3n) is 3.73. The van der Waals surface area contributed by atoms with Crippen LogP contribution >= 0.6 is 31.9 Å². The van der Waals surface area contributed by atoms with Crippen LogP contribution < -0.4 is 5.73 Å². The second kappa shape index (κ2) is 8.08. The number of carbonyl (C=O) groups is 2. The third kappa shape index (κ3) is 4.16. The molecular formula is C16H21Br2NO2. The third-order valence-corrected chi connectivity index (χ3v) is 5.55. The van der Waals surface area contributed by atoms with Crippen LogP contribution in [-0.4, -0.2) is 16.5 Å². The van der Waals surface area contributed by atoms with Crippen LogP contribution in [0.2, 0.25) is 0 Å². The Morgan fingerprint density at radius 2 is 1.62 bits per heavy atom. The Kier molecular flexibility index (Phi) is 7.07. The zero-order chi connectivity index (χ0) is 16.0. The molecule has 0 aliphatic rings. The number of primary amides is 1. The Hall–Kier alpha value is -0.680. The van der Waals surface area contributed by atoms with Crippen LogP contribution in [0.25, 0.3) is 0 Å². The summed E-state index contributed by atoms with van der Waals surface area (Å²) in [5.41, 5.74) is 5.41. The summed E-state index contributed by atoms with van der Waals surface area (Å²) in [4.78, 5) is 24.2. The topological polar surface area (TPSA) is 60.2 Å². The number of alkyl halides is 1. The number of benzene rings is 1. The van der Waals surface area contributed by atoms with Gasteiger partial charge in [0, 0.05) is 10.0 Å². The number of Topliss-reactive ketones (excluding diaryl/α,β-unsaturated/α-hetero) is 1. The van der Waals surface area contributed by atoms with Gasteiger partial charge >= 0.3 is 0 Å². The second-order valence-corrected chi connectivity index (χ2v) is 7.09. The Labute approximate surface area is 142 Å². The van der Waals surface area contributed by atoms with Gasteiger partial charge < -0.3 is 5.73 Å². The Morgan fingerprint density at radius 1 is 1.14 bits per heavy atom. The van der Waals surface area contributed by atoms with Crippen LogP contribution in [0.15, 0.2) is 28.7 Å². The molecule has 5 heteroatoms. The molecule has 21 heavy (non-hydrogen) atoms. The lowest BCUT2D eigenvalue weighted by Crippen LogP contribution is -2.47. The van der Waals surface area contributed by atoms with Crippen LogP contribution in [-0.2, 0) is 4.79 Å². The molecule has 1 aromatic carbocycles. The highest BCUT2D eigenvalue weighted by atomic mass is 79.9. The van der Waals surface area contributed by atoms with Gasteiger partial charge in [0.1, 0.15) is 0 Å². The molecule has 0 heterocycles. The zero-order valence-electron chi connectivity index (χ0n) is 12.4. The molecule has 0 radical (unpaired) electrons. The lowest BCUT2D eigenvalue weighted by molar-refractivity contribution is -0.128. The first-order valence-electron chi connectivity index (χ1n) is 7.12. The van der Waals surface area contributed by atoms with Crippen molar-refractivity contribution in [1.29, 1.82) is 0 Å². The number of ketones is 1. The van der Waals surface area contributed by atoms with Crippen molar-refractivity contribution in [3.05, 3.63) is 34.3 Å². The van der Waals surface area contributed by atoms with Crippen molar-refractivity contribution in [2.45, 2.75) is 44.4 Å². The predicted molar refractivity (Wildman–Crippen MR) is 92.6 cm³/mol. The van der Waals surface area contributed by atoms with Crippen molar-refractivity contribution in [3.63, 3.8) is 0 Å². The molecule has 0 spiro atoms. The molecule has 1 atom stereocenters. The van der Waals surface area contributed by atoms with Gasteiger partial charge in [0.05, 0.1) is 10.2 Å². The van der Waals surface area contributed by atoms with Crippen LogP contribution in [0.5, 0.6) is 0 Å². The van der Waals surface area contributed by atoms with E-state index in [2.05, 4.69) is 31.9 Å². The molecule has 1 unspecified atom stereocenters. The molecule has 0 saturated carbocycles. The van der Waals surface area contributed by atoms with E-state index in [1.54, 1.807) is 12.1 Å². The highest BCUT2D eigenvalue weighted by Gasteiger charge is 2.45. The maximum absolute atomic E-state index is 12.7. The normalized spacial score (nSPS) is 13.0. The Bertz CT molecular complexity index is 494. The standard InChI is InChI=1S/C16H21Br2NO2/c1-3-9-16(10-4-2,15(19)21)14(18)13(20)11-5-7-12(17)8-6-11/h5-8,14H,3-4,9-10H2,1-2H3,(H2,19,21). The first-order valence-corrected chi connectivity index (χ1v) is 8.83. The minimum atomic E-state index is -0.826. The van der Waals surface area contributed by atoms with Gasteiger partial charge in [-0.2, -0.15) is 0 Å². The summed E-state index contributed by atoms with van der Waals surface area (Å²) in [6, 6.07) is 7.14. The number of rotatable bonds is 8. The summed E-state index contributed by atoms with van der Waals surface area (Å²) in [5, 5.41) is 0. The highest BCUT2D eigenvalue weighted by Crippen LogP contribution is 2.39. The zero-order valence-corrected chi connectivity index (χ0v) is 15.5. The predicted octanol–water partition coefficient (Wildman–Crippen LogP) is 4.47. The van der Waals surface area contributed by atoms with E-state index in [0.717, 1.165) is 17.3 Å². The second-order valence-electron chi connectivity index (χ2n) is 5.25. The summed E-state index contributed by atoms with van der Waals surface area (Å²) in [6.45, 7) is 3.99. The number of hydrogen-bond donors (Lipinski definition) is 1. The Balaban J connectivity index is 3.14. The van der Waals surface area contributed by atoms with Crippen LogP contribution in [0.1, 0.15) is 49.9 Å². The van der Waals surface area contributed by atoms with Gasteiger partial charge in [-0.1, -0.05) is 70.7 Å². The molecule has 1 amide bonds. The monoisotopic (exact) mass is 417 g/mol. The summed E-state index contributed by atoms with van der Waals surface area (Å²) in [7, 11) is 0. The fourth-order valence-electron chi connectivity index (χ4n) is 2.65. The molecule has 0 saturated heterocycles. The maximum Gasteiger partial charge on any atom is 0.225 e. The summed E-state index contributed by atoms with van der Waals surface area (Å²) < 4.78 is 0.911. The van der Waals surface area contributed by atoms with Crippen LogP contribution in [0, 0.1) is 5.41 Å². The van der Waals surface area contributed by atoms with Crippen LogP contribution in [0.3, 0.4) is 0 Å². The summed E-state index contributed by atoms with van der Waals surface area (Å²) in [6.07, 6.45) is 2.82. The van der Waals surface area contributed by atoms with Crippen molar-refractivity contribution in [1.82, 2.24) is 0 Å². The van der Waals surface area contributed by atoms with Gasteiger partial charge in [0.2, 0.25) is 5.91 Å². The SMILES string of the molecule is CCCC(CCC)(C(N)=O)C(Br)C(=O)c1ccc(Br)cc1. The van der Waals surface area contributed by atoms with Crippen molar-refractivity contribution in [2.75, 3.05) is 0 Å². The quantitative estimate of drug-likeness (QED) is 0.500. The number of halogens is 2. The summed E-state index contributed by atoms with van der Waals surface area (Å²) in [5.74, 6) is -0.498. The molecule has 116 valence electrons. The van der Waals surface area contributed by atoms with E-state index in [1.807, 2.05) is 26.0 Å². The molecular weight excluding hydrogens is 398 g/mol. The molecule has 0 aromatic heterocycles. The van der Waals surface area contributed by atoms with E-state index in [4.69, 9.17) is 5.73 Å². The molecule has 0 fully saturated rings. The van der Waals surface area contributed by atoms with E-state index < -0.39 is 16.1 Å². The smallest absolute Gasteiger partial charge is 0.225 e. The summed E-state index contributed by atoms with van der Waals surface area (Å²) >= 11 is 6.81. The fourth-order valence-corrected chi connectivity index (χ4v) is 3.87. The molecule has 0 aliphatic carbocycles. The van der Waals surface area contributed by atoms with Crippen molar-refractivity contribution < 1.29 is 9.59 Å². The maximum atomic E-state index is 12.7. The van der Waals surface area contributed by atoms with Gasteiger partial charge in [-0.25, -0.2) is 0 Å². The first kappa shape index (κ1) is 18.4. The minimum Gasteiger partial charge on any atom is -0.369 e. The lowest BCUT2D eigenvalue weighted by Gasteiger charge is -2.34. The molecule has 1 aromatic rings. The van der Waals surface area contributed by atoms with Gasteiger partial charge in [0.25, 0.3) is 0 Å². The molecule has 2 N–H and O–H groups in total. The fraction of sp³-hybridized carbons (Fsp3) is 0.500. The molecule has 0 aliphatic heterocycles. The minimum absolute atomic E-state index is 0.0943. The largest absolute Gasteiger partial charge is 0.369 e. The number of nitrogens with two attached hydrogens (primary N) is 1. The van der Waals surface area contributed by atoms with Gasteiger partial charge in [-0.05, 0) is 25.0 Å². The van der Waals surface area contributed by atoms with E-state index in [-0.39, 0.29) is 5.78 Å². The van der Waals surface area contributed by atoms with E-state index in [9.17, 15) is 9.59 Å². The molecule has 1 rings (SSSR count). The molecule has 3 nitrogen and oxygen atoms in total. The first-order chi connectivity index (χ1) is 9.89. The van der Waals surface area contributed by atoms with Gasteiger partial charge in [0.15, 0.2) is 5.78 Å². The van der Waals surface area contributed by atoms with Crippen molar-refractivity contribution in [2.24, 2.45) is 11.1 Å². The van der Waals surface area contributed by atoms with E-state index in [0.29, 0.717) is 18.4 Å². The van der Waals surface area contributed by atoms with Crippen molar-refractivity contribution >= 4 is 43.6 Å². The average molecular weight is 419 g/mol. The van der Waals surface area contributed by atoms with Crippen LogP contribution in [0.4, 0.5) is 0 Å². The molecule has 0 bridgehead atoms. The van der Waals surface area contributed by atoms with E-state index in [1.165, 1.54) is 0 Å².